The Kier molecular flexibility index (Phi) is 4.31. The Balaban J connectivity index is 3.14. The average molecular weight is 237 g/mol. The molecule has 0 aromatic carbocycles. The van der Waals surface area contributed by atoms with Crippen LogP contribution in [0.5, 0.6) is 0 Å². The van der Waals surface area contributed by atoms with E-state index in [0.29, 0.717) is 23.1 Å². The molecule has 1 aromatic rings. The molecule has 0 aliphatic heterocycles. The van der Waals surface area contributed by atoms with Crippen LogP contribution < -0.4 is 10.6 Å². The van der Waals surface area contributed by atoms with Gasteiger partial charge in [-0.25, -0.2) is 9.78 Å². The lowest BCUT2D eigenvalue weighted by Crippen LogP contribution is -2.30. The normalized spacial score (nSPS) is 12.0. The number of carbonyl (C=O) groups excluding carboxylic acids is 1. The summed E-state index contributed by atoms with van der Waals surface area (Å²) in [7, 11) is 3.24. The highest BCUT2D eigenvalue weighted by Crippen LogP contribution is 2.25. The lowest BCUT2D eigenvalue weighted by molar-refractivity contribution is 0.0602. The number of nitrogen functional groups attached to an aromatic ring is 1. The molecule has 1 unspecified atom stereocenters. The molecule has 2 N–H and O–H groups in total. The van der Waals surface area contributed by atoms with Crippen molar-refractivity contribution in [3.05, 3.63) is 17.8 Å². The quantitative estimate of drug-likeness (QED) is 0.807. The van der Waals surface area contributed by atoms with Gasteiger partial charge in [-0.05, 0) is 19.4 Å². The second-order valence-electron chi connectivity index (χ2n) is 3.96. The van der Waals surface area contributed by atoms with Crippen molar-refractivity contribution in [3.63, 3.8) is 0 Å². The molecule has 0 aliphatic rings. The molecule has 0 fully saturated rings. The third kappa shape index (κ3) is 2.67. The number of hydrogen-bond donors (Lipinski definition) is 1. The third-order valence-electron chi connectivity index (χ3n) is 2.96. The summed E-state index contributed by atoms with van der Waals surface area (Å²) in [5.41, 5.74) is 6.67. The Morgan fingerprint density at radius 3 is 2.82 bits per heavy atom. The minimum Gasteiger partial charge on any atom is -0.465 e. The Bertz CT molecular complexity index is 407. The molecule has 0 saturated carbocycles. The van der Waals surface area contributed by atoms with Crippen molar-refractivity contribution in [1.29, 1.82) is 0 Å². The second kappa shape index (κ2) is 5.52. The Labute approximate surface area is 102 Å². The first-order valence-electron chi connectivity index (χ1n) is 5.58. The standard InChI is InChI=1S/C12H19N3O2/c1-5-8(2)15(3)11-10(13)9(6-7-14-11)12(16)17-4/h6-8H,5,13H2,1-4H3. The van der Waals surface area contributed by atoms with Crippen LogP contribution in [0.1, 0.15) is 30.6 Å². The molecule has 5 heteroatoms. The molecule has 1 rings (SSSR count). The number of ether oxygens (including phenoxy) is 1. The highest BCUT2D eigenvalue weighted by Gasteiger charge is 2.18. The first kappa shape index (κ1) is 13.3. The SMILES string of the molecule is CCC(C)N(C)c1nccc(C(=O)OC)c1N. The van der Waals surface area contributed by atoms with Crippen molar-refractivity contribution < 1.29 is 9.53 Å². The summed E-state index contributed by atoms with van der Waals surface area (Å²) in [4.78, 5) is 17.7. The first-order valence-corrected chi connectivity index (χ1v) is 5.58. The molecule has 1 atom stereocenters. The number of nitrogens with two attached hydrogens (primary N) is 1. The van der Waals surface area contributed by atoms with Crippen molar-refractivity contribution in [2.75, 3.05) is 24.8 Å². The van der Waals surface area contributed by atoms with Crippen molar-refractivity contribution in [1.82, 2.24) is 4.98 Å². The molecule has 5 nitrogen and oxygen atoms in total. The highest BCUT2D eigenvalue weighted by atomic mass is 16.5. The van der Waals surface area contributed by atoms with E-state index in [4.69, 9.17) is 5.73 Å². The smallest absolute Gasteiger partial charge is 0.340 e. The first-order chi connectivity index (χ1) is 8.02. The van der Waals surface area contributed by atoms with Crippen LogP contribution >= 0.6 is 0 Å². The largest absolute Gasteiger partial charge is 0.465 e. The summed E-state index contributed by atoms with van der Waals surface area (Å²) in [6, 6.07) is 1.87. The van der Waals surface area contributed by atoms with Crippen LogP contribution in [-0.4, -0.2) is 31.2 Å². The van der Waals surface area contributed by atoms with Gasteiger partial charge in [0.05, 0.1) is 18.4 Å². The molecule has 1 heterocycles. The predicted molar refractivity (Wildman–Crippen MR) is 68.1 cm³/mol. The number of nitrogens with zero attached hydrogens (tertiary/aromatic N) is 2. The van der Waals surface area contributed by atoms with E-state index in [0.717, 1.165) is 6.42 Å². The maximum Gasteiger partial charge on any atom is 0.340 e. The van der Waals surface area contributed by atoms with Crippen molar-refractivity contribution in [2.45, 2.75) is 26.3 Å². The fourth-order valence-electron chi connectivity index (χ4n) is 1.51. The lowest BCUT2D eigenvalue weighted by Gasteiger charge is -2.26. The second-order valence-corrected chi connectivity index (χ2v) is 3.96. The molecule has 94 valence electrons. The number of aromatic nitrogens is 1. The van der Waals surface area contributed by atoms with E-state index < -0.39 is 5.97 Å². The van der Waals surface area contributed by atoms with E-state index in [1.807, 2.05) is 11.9 Å². The zero-order valence-electron chi connectivity index (χ0n) is 10.7. The fourth-order valence-corrected chi connectivity index (χ4v) is 1.51. The highest BCUT2D eigenvalue weighted by molar-refractivity contribution is 5.97. The number of hydrogen-bond acceptors (Lipinski definition) is 5. The van der Waals surface area contributed by atoms with Gasteiger partial charge < -0.3 is 15.4 Å². The van der Waals surface area contributed by atoms with Gasteiger partial charge in [-0.1, -0.05) is 6.92 Å². The molecular weight excluding hydrogens is 218 g/mol. The van der Waals surface area contributed by atoms with Gasteiger partial charge in [-0.3, -0.25) is 0 Å². The van der Waals surface area contributed by atoms with Crippen LogP contribution in [0.15, 0.2) is 12.3 Å². The maximum atomic E-state index is 11.5. The number of methoxy groups -OCH3 is 1. The molecule has 0 radical (unpaired) electrons. The van der Waals surface area contributed by atoms with E-state index in [2.05, 4.69) is 23.6 Å². The van der Waals surface area contributed by atoms with E-state index >= 15 is 0 Å². The zero-order chi connectivity index (χ0) is 13.0. The van der Waals surface area contributed by atoms with Gasteiger partial charge in [0, 0.05) is 19.3 Å². The monoisotopic (exact) mass is 237 g/mol. The molecule has 0 spiro atoms. The Hall–Kier alpha value is -1.78. The van der Waals surface area contributed by atoms with Gasteiger partial charge in [0.15, 0.2) is 5.82 Å². The van der Waals surface area contributed by atoms with Crippen LogP contribution in [-0.2, 0) is 4.74 Å². The van der Waals surface area contributed by atoms with Crippen LogP contribution in [0, 0.1) is 0 Å². The maximum absolute atomic E-state index is 11.5. The zero-order valence-corrected chi connectivity index (χ0v) is 10.7. The van der Waals surface area contributed by atoms with Crippen LogP contribution in [0.4, 0.5) is 11.5 Å². The molecule has 1 aromatic heterocycles. The molecule has 0 aliphatic carbocycles. The van der Waals surface area contributed by atoms with Crippen LogP contribution in [0.3, 0.4) is 0 Å². The summed E-state index contributed by atoms with van der Waals surface area (Å²) in [6.07, 6.45) is 2.54. The van der Waals surface area contributed by atoms with Gasteiger partial charge in [-0.15, -0.1) is 0 Å². The summed E-state index contributed by atoms with van der Waals surface area (Å²) in [5, 5.41) is 0. The number of anilines is 2. The average Bonchev–Trinajstić information content (AvgIpc) is 2.36. The molecular formula is C12H19N3O2. The minimum atomic E-state index is -0.441. The minimum absolute atomic E-state index is 0.303. The molecule has 0 saturated heterocycles. The van der Waals surface area contributed by atoms with Gasteiger partial charge in [-0.2, -0.15) is 0 Å². The Morgan fingerprint density at radius 2 is 2.29 bits per heavy atom. The van der Waals surface area contributed by atoms with Gasteiger partial charge in [0.2, 0.25) is 0 Å². The molecule has 17 heavy (non-hydrogen) atoms. The van der Waals surface area contributed by atoms with Gasteiger partial charge >= 0.3 is 5.97 Å². The van der Waals surface area contributed by atoms with Crippen molar-refractivity contribution >= 4 is 17.5 Å². The van der Waals surface area contributed by atoms with Crippen molar-refractivity contribution in [2.24, 2.45) is 0 Å². The molecule has 0 bridgehead atoms. The predicted octanol–water partition coefficient (Wildman–Crippen LogP) is 1.69. The number of pyridine rings is 1. The summed E-state index contributed by atoms with van der Waals surface area (Å²) < 4.78 is 4.67. The van der Waals surface area contributed by atoms with E-state index in [-0.39, 0.29) is 0 Å². The van der Waals surface area contributed by atoms with E-state index in [1.54, 1.807) is 12.3 Å². The number of rotatable bonds is 4. The summed E-state index contributed by atoms with van der Waals surface area (Å²) >= 11 is 0. The third-order valence-corrected chi connectivity index (χ3v) is 2.96. The Morgan fingerprint density at radius 1 is 1.65 bits per heavy atom. The van der Waals surface area contributed by atoms with Crippen LogP contribution in [0.25, 0.3) is 0 Å². The van der Waals surface area contributed by atoms with Gasteiger partial charge in [0.25, 0.3) is 0 Å². The van der Waals surface area contributed by atoms with E-state index in [9.17, 15) is 4.79 Å². The summed E-state index contributed by atoms with van der Waals surface area (Å²) in [6.45, 7) is 4.16. The van der Waals surface area contributed by atoms with Crippen LogP contribution in [0.2, 0.25) is 0 Å². The fraction of sp³-hybridized carbons (Fsp3) is 0.500. The van der Waals surface area contributed by atoms with E-state index in [1.165, 1.54) is 7.11 Å². The van der Waals surface area contributed by atoms with Gasteiger partial charge in [0.1, 0.15) is 0 Å². The van der Waals surface area contributed by atoms with Crippen molar-refractivity contribution in [3.8, 4) is 0 Å². The molecule has 0 amide bonds. The number of carbonyl (C=O) groups is 1. The number of esters is 1. The topological polar surface area (TPSA) is 68.5 Å². The summed E-state index contributed by atoms with van der Waals surface area (Å²) in [5.74, 6) is 0.172. The lowest BCUT2D eigenvalue weighted by atomic mass is 10.2.